The first-order valence-corrected chi connectivity index (χ1v) is 4.92. The van der Waals surface area contributed by atoms with Gasteiger partial charge in [0.2, 0.25) is 0 Å². The lowest BCUT2D eigenvalue weighted by Crippen LogP contribution is -2.10. The van der Waals surface area contributed by atoms with E-state index in [2.05, 4.69) is 10.7 Å². The Balaban J connectivity index is 4.71. The van der Waals surface area contributed by atoms with E-state index in [0.717, 1.165) is 0 Å². The van der Waals surface area contributed by atoms with Gasteiger partial charge in [-0.15, -0.1) is 12.3 Å². The van der Waals surface area contributed by atoms with Crippen molar-refractivity contribution in [2.75, 3.05) is 7.11 Å². The molecule has 0 rings (SSSR count). The highest BCUT2D eigenvalue weighted by Gasteiger charge is 2.15. The first kappa shape index (κ1) is 14.2. The van der Waals surface area contributed by atoms with Gasteiger partial charge in [0.15, 0.2) is 0 Å². The molecule has 0 fully saturated rings. The minimum atomic E-state index is -0.490. The first-order valence-electron chi connectivity index (χ1n) is 4.92. The highest BCUT2D eigenvalue weighted by molar-refractivity contribution is 5.89. The molecule has 0 N–H and O–H groups in total. The molecule has 0 aromatic rings. The number of rotatable bonds is 5. The Morgan fingerprint density at radius 3 is 2.38 bits per heavy atom. The van der Waals surface area contributed by atoms with E-state index in [9.17, 15) is 9.59 Å². The fourth-order valence-electron chi connectivity index (χ4n) is 1.19. The maximum atomic E-state index is 11.4. The Morgan fingerprint density at radius 2 is 1.94 bits per heavy atom. The van der Waals surface area contributed by atoms with Crippen LogP contribution in [0.1, 0.15) is 33.1 Å². The fourth-order valence-corrected chi connectivity index (χ4v) is 1.19. The van der Waals surface area contributed by atoms with Crippen molar-refractivity contribution in [3.63, 3.8) is 0 Å². The molecule has 88 valence electrons. The number of ether oxygens (including phenoxy) is 2. The second kappa shape index (κ2) is 7.52. The lowest BCUT2D eigenvalue weighted by molar-refractivity contribution is -0.138. The summed E-state index contributed by atoms with van der Waals surface area (Å²) in [4.78, 5) is 22.2. The van der Waals surface area contributed by atoms with Crippen molar-refractivity contribution in [2.45, 2.75) is 33.1 Å². The number of terminal acetylenes is 1. The SMILES string of the molecule is C#CCCCC(C(=O)OC)=C(C)OC(C)=O. The molecule has 0 bridgehead atoms. The Bertz CT molecular complexity index is 333. The molecule has 0 aliphatic rings. The maximum Gasteiger partial charge on any atom is 0.337 e. The van der Waals surface area contributed by atoms with Gasteiger partial charge < -0.3 is 9.47 Å². The smallest absolute Gasteiger partial charge is 0.337 e. The molecule has 16 heavy (non-hydrogen) atoms. The molecule has 0 heterocycles. The number of carbonyl (C=O) groups excluding carboxylic acids is 2. The molecule has 0 amide bonds. The third-order valence-corrected chi connectivity index (χ3v) is 1.90. The number of hydrogen-bond donors (Lipinski definition) is 0. The van der Waals surface area contributed by atoms with Crippen LogP contribution in [0.4, 0.5) is 0 Å². The molecule has 4 nitrogen and oxygen atoms in total. The number of hydrogen-bond acceptors (Lipinski definition) is 4. The van der Waals surface area contributed by atoms with Crippen LogP contribution in [-0.4, -0.2) is 19.0 Å². The molecular weight excluding hydrogens is 208 g/mol. The van der Waals surface area contributed by atoms with E-state index in [1.165, 1.54) is 14.0 Å². The Hall–Kier alpha value is -1.76. The summed E-state index contributed by atoms with van der Waals surface area (Å²) in [5.74, 6) is 1.80. The van der Waals surface area contributed by atoms with Crippen LogP contribution in [-0.2, 0) is 19.1 Å². The van der Waals surface area contributed by atoms with Crippen molar-refractivity contribution in [2.24, 2.45) is 0 Å². The van der Waals surface area contributed by atoms with Crippen LogP contribution in [0.3, 0.4) is 0 Å². The molecule has 0 aliphatic carbocycles. The van der Waals surface area contributed by atoms with Gasteiger partial charge in [-0.2, -0.15) is 0 Å². The second-order valence-corrected chi connectivity index (χ2v) is 3.18. The quantitative estimate of drug-likeness (QED) is 0.235. The molecule has 0 saturated carbocycles. The van der Waals surface area contributed by atoms with E-state index in [1.54, 1.807) is 6.92 Å². The topological polar surface area (TPSA) is 52.6 Å². The average molecular weight is 224 g/mol. The van der Waals surface area contributed by atoms with Crippen LogP contribution in [0.25, 0.3) is 0 Å². The lowest BCUT2D eigenvalue weighted by Gasteiger charge is -2.09. The molecule has 0 atom stereocenters. The third-order valence-electron chi connectivity index (χ3n) is 1.90. The minimum Gasteiger partial charge on any atom is -0.466 e. The molecule has 0 saturated heterocycles. The van der Waals surface area contributed by atoms with E-state index in [0.29, 0.717) is 24.8 Å². The van der Waals surface area contributed by atoms with Crippen molar-refractivity contribution in [1.82, 2.24) is 0 Å². The molecule has 0 radical (unpaired) electrons. The Kier molecular flexibility index (Phi) is 6.69. The number of carbonyl (C=O) groups is 2. The van der Waals surface area contributed by atoms with Crippen molar-refractivity contribution >= 4 is 11.9 Å². The predicted octanol–water partition coefficient (Wildman–Crippen LogP) is 1.80. The van der Waals surface area contributed by atoms with Gasteiger partial charge in [0.1, 0.15) is 5.76 Å². The van der Waals surface area contributed by atoms with Gasteiger partial charge >= 0.3 is 11.9 Å². The summed E-state index contributed by atoms with van der Waals surface area (Å²) < 4.78 is 9.46. The zero-order chi connectivity index (χ0) is 12.6. The van der Waals surface area contributed by atoms with E-state index >= 15 is 0 Å². The standard InChI is InChI=1S/C12H16O4/c1-5-6-7-8-11(12(14)15-4)9(2)16-10(3)13/h1H,6-8H2,2-4H3. The zero-order valence-corrected chi connectivity index (χ0v) is 9.83. The van der Waals surface area contributed by atoms with Gasteiger partial charge in [-0.05, 0) is 19.8 Å². The van der Waals surface area contributed by atoms with Crippen LogP contribution in [0, 0.1) is 12.3 Å². The maximum absolute atomic E-state index is 11.4. The molecule has 0 aliphatic heterocycles. The third kappa shape index (κ3) is 5.20. The molecule has 0 aromatic heterocycles. The summed E-state index contributed by atoms with van der Waals surface area (Å²) >= 11 is 0. The number of allylic oxidation sites excluding steroid dienone is 1. The van der Waals surface area contributed by atoms with E-state index in [-0.39, 0.29) is 5.76 Å². The highest BCUT2D eigenvalue weighted by atomic mass is 16.5. The van der Waals surface area contributed by atoms with Gasteiger partial charge in [-0.3, -0.25) is 4.79 Å². The summed E-state index contributed by atoms with van der Waals surface area (Å²) in [6.07, 6.45) is 6.77. The largest absolute Gasteiger partial charge is 0.466 e. The van der Waals surface area contributed by atoms with Gasteiger partial charge in [-0.25, -0.2) is 4.79 Å². The molecule has 4 heteroatoms. The van der Waals surface area contributed by atoms with Gasteiger partial charge in [0.05, 0.1) is 12.7 Å². The summed E-state index contributed by atoms with van der Waals surface area (Å²) in [6, 6.07) is 0. The molecule has 0 unspecified atom stereocenters. The molecular formula is C12H16O4. The van der Waals surface area contributed by atoms with Crippen molar-refractivity contribution in [1.29, 1.82) is 0 Å². The van der Waals surface area contributed by atoms with Crippen molar-refractivity contribution < 1.29 is 19.1 Å². The minimum absolute atomic E-state index is 0.274. The van der Waals surface area contributed by atoms with Crippen LogP contribution in [0.5, 0.6) is 0 Å². The van der Waals surface area contributed by atoms with E-state index in [4.69, 9.17) is 11.2 Å². The predicted molar refractivity (Wildman–Crippen MR) is 59.2 cm³/mol. The van der Waals surface area contributed by atoms with Crippen molar-refractivity contribution in [3.8, 4) is 12.3 Å². The monoisotopic (exact) mass is 224 g/mol. The summed E-state index contributed by atoms with van der Waals surface area (Å²) in [5, 5.41) is 0. The first-order chi connectivity index (χ1) is 7.52. The molecule has 0 aromatic carbocycles. The Morgan fingerprint density at radius 1 is 1.31 bits per heavy atom. The van der Waals surface area contributed by atoms with E-state index < -0.39 is 11.9 Å². The van der Waals surface area contributed by atoms with Gasteiger partial charge in [0.25, 0.3) is 0 Å². The highest BCUT2D eigenvalue weighted by Crippen LogP contribution is 2.15. The second-order valence-electron chi connectivity index (χ2n) is 3.18. The van der Waals surface area contributed by atoms with Gasteiger partial charge in [0, 0.05) is 13.3 Å². The number of methoxy groups -OCH3 is 1. The van der Waals surface area contributed by atoms with E-state index in [1.807, 2.05) is 0 Å². The van der Waals surface area contributed by atoms with Crippen LogP contribution >= 0.6 is 0 Å². The summed E-state index contributed by atoms with van der Waals surface area (Å²) in [5.41, 5.74) is 0.355. The zero-order valence-electron chi connectivity index (χ0n) is 9.83. The average Bonchev–Trinajstić information content (AvgIpc) is 2.22. The van der Waals surface area contributed by atoms with Crippen LogP contribution in [0.15, 0.2) is 11.3 Å². The van der Waals surface area contributed by atoms with Crippen LogP contribution < -0.4 is 0 Å². The number of esters is 2. The van der Waals surface area contributed by atoms with Crippen LogP contribution in [0.2, 0.25) is 0 Å². The number of unbranched alkanes of at least 4 members (excludes halogenated alkanes) is 1. The normalized spacial score (nSPS) is 11.1. The molecule has 0 spiro atoms. The summed E-state index contributed by atoms with van der Waals surface area (Å²) in [7, 11) is 1.28. The van der Waals surface area contributed by atoms with Gasteiger partial charge in [-0.1, -0.05) is 0 Å². The fraction of sp³-hybridized carbons (Fsp3) is 0.500. The lowest BCUT2D eigenvalue weighted by atomic mass is 10.1. The summed E-state index contributed by atoms with van der Waals surface area (Å²) in [6.45, 7) is 2.84. The Labute approximate surface area is 95.6 Å². The van der Waals surface area contributed by atoms with Crippen molar-refractivity contribution in [3.05, 3.63) is 11.3 Å².